The highest BCUT2D eigenvalue weighted by Gasteiger charge is 2.27. The van der Waals surface area contributed by atoms with Crippen molar-refractivity contribution in [2.75, 3.05) is 26.7 Å². The van der Waals surface area contributed by atoms with Crippen LogP contribution in [0.4, 0.5) is 0 Å². The molecule has 1 fully saturated rings. The summed E-state index contributed by atoms with van der Waals surface area (Å²) >= 11 is 4.95. The smallest absolute Gasteiger partial charge is 0.279 e. The molecule has 0 spiro atoms. The van der Waals surface area contributed by atoms with E-state index in [1.807, 2.05) is 18.5 Å². The third kappa shape index (κ3) is 4.25. The van der Waals surface area contributed by atoms with Crippen molar-refractivity contribution in [2.45, 2.75) is 19.4 Å². The van der Waals surface area contributed by atoms with Gasteiger partial charge in [0.15, 0.2) is 0 Å². The molecule has 1 aromatic heterocycles. The summed E-state index contributed by atoms with van der Waals surface area (Å²) in [6.07, 6.45) is 1.84. The van der Waals surface area contributed by atoms with Gasteiger partial charge in [-0.05, 0) is 59.7 Å². The molecule has 5 nitrogen and oxygen atoms in total. The summed E-state index contributed by atoms with van der Waals surface area (Å²) in [5.41, 5.74) is 0. The van der Waals surface area contributed by atoms with E-state index >= 15 is 0 Å². The standard InChI is InChI=1S/C12H20BrN3O2S2/c1-14-8-10-2-5-16(6-3-10)20(17,18)15-9-12-11(13)4-7-19-12/h4,7,10,14-15H,2-3,5-6,8-9H2,1H3. The molecule has 0 bridgehead atoms. The summed E-state index contributed by atoms with van der Waals surface area (Å²) in [5, 5.41) is 5.09. The van der Waals surface area contributed by atoms with Crippen molar-refractivity contribution in [1.82, 2.24) is 14.3 Å². The van der Waals surface area contributed by atoms with Crippen LogP contribution in [0.15, 0.2) is 15.9 Å². The number of nitrogens with zero attached hydrogens (tertiary/aromatic N) is 1. The predicted molar refractivity (Wildman–Crippen MR) is 86.0 cm³/mol. The van der Waals surface area contributed by atoms with Crippen LogP contribution < -0.4 is 10.0 Å². The van der Waals surface area contributed by atoms with E-state index in [-0.39, 0.29) is 0 Å². The molecule has 0 radical (unpaired) electrons. The Balaban J connectivity index is 1.87. The van der Waals surface area contributed by atoms with Crippen LogP contribution in [0.2, 0.25) is 0 Å². The maximum absolute atomic E-state index is 12.2. The molecule has 0 atom stereocenters. The molecule has 8 heteroatoms. The number of thiophene rings is 1. The average Bonchev–Trinajstić information content (AvgIpc) is 2.83. The third-order valence-corrected chi connectivity index (χ3v) is 6.99. The monoisotopic (exact) mass is 381 g/mol. The molecule has 2 heterocycles. The van der Waals surface area contributed by atoms with E-state index in [4.69, 9.17) is 0 Å². The maximum atomic E-state index is 12.2. The summed E-state index contributed by atoms with van der Waals surface area (Å²) in [5.74, 6) is 0.581. The fraction of sp³-hybridized carbons (Fsp3) is 0.667. The lowest BCUT2D eigenvalue weighted by Crippen LogP contribution is -2.45. The lowest BCUT2D eigenvalue weighted by atomic mass is 9.98. The molecule has 20 heavy (non-hydrogen) atoms. The molecule has 1 aromatic rings. The molecule has 0 amide bonds. The van der Waals surface area contributed by atoms with Crippen molar-refractivity contribution in [3.05, 3.63) is 20.8 Å². The van der Waals surface area contributed by atoms with Gasteiger partial charge in [-0.2, -0.15) is 17.4 Å². The predicted octanol–water partition coefficient (Wildman–Crippen LogP) is 1.78. The Hall–Kier alpha value is 0.01000. The number of hydrogen-bond acceptors (Lipinski definition) is 4. The van der Waals surface area contributed by atoms with Crippen LogP contribution in [-0.2, 0) is 16.8 Å². The van der Waals surface area contributed by atoms with Gasteiger partial charge in [-0.1, -0.05) is 0 Å². The van der Waals surface area contributed by atoms with Crippen LogP contribution in [0.5, 0.6) is 0 Å². The first-order valence-electron chi connectivity index (χ1n) is 6.64. The Labute approximate surface area is 133 Å². The molecule has 0 aromatic carbocycles. The van der Waals surface area contributed by atoms with Crippen LogP contribution in [0.3, 0.4) is 0 Å². The van der Waals surface area contributed by atoms with E-state index in [0.29, 0.717) is 25.6 Å². The van der Waals surface area contributed by atoms with E-state index in [2.05, 4.69) is 26.0 Å². The van der Waals surface area contributed by atoms with Crippen molar-refractivity contribution in [2.24, 2.45) is 5.92 Å². The third-order valence-electron chi connectivity index (χ3n) is 3.51. The van der Waals surface area contributed by atoms with E-state index < -0.39 is 10.2 Å². The van der Waals surface area contributed by atoms with Gasteiger partial charge in [-0.15, -0.1) is 11.3 Å². The first-order valence-corrected chi connectivity index (χ1v) is 9.75. The zero-order chi connectivity index (χ0) is 14.6. The van der Waals surface area contributed by atoms with Crippen molar-refractivity contribution >= 4 is 37.5 Å². The second kappa shape index (κ2) is 7.33. The lowest BCUT2D eigenvalue weighted by molar-refractivity contribution is 0.268. The van der Waals surface area contributed by atoms with Crippen LogP contribution >= 0.6 is 27.3 Å². The van der Waals surface area contributed by atoms with Crippen molar-refractivity contribution < 1.29 is 8.42 Å². The zero-order valence-corrected chi connectivity index (χ0v) is 14.7. The van der Waals surface area contributed by atoms with Crippen LogP contribution in [-0.4, -0.2) is 39.4 Å². The summed E-state index contributed by atoms with van der Waals surface area (Å²) < 4.78 is 29.7. The maximum Gasteiger partial charge on any atom is 0.279 e. The minimum absolute atomic E-state index is 0.344. The fourth-order valence-electron chi connectivity index (χ4n) is 2.34. The van der Waals surface area contributed by atoms with Gasteiger partial charge < -0.3 is 5.32 Å². The molecule has 0 saturated carbocycles. The first kappa shape index (κ1) is 16.4. The first-order chi connectivity index (χ1) is 9.53. The highest BCUT2D eigenvalue weighted by molar-refractivity contribution is 9.10. The zero-order valence-electron chi connectivity index (χ0n) is 11.4. The Morgan fingerprint density at radius 1 is 1.45 bits per heavy atom. The molecule has 0 unspecified atom stereocenters. The van der Waals surface area contributed by atoms with Crippen LogP contribution in [0.1, 0.15) is 17.7 Å². The number of nitrogens with one attached hydrogen (secondary N) is 2. The van der Waals surface area contributed by atoms with Crippen LogP contribution in [0.25, 0.3) is 0 Å². The van der Waals surface area contributed by atoms with E-state index in [9.17, 15) is 8.42 Å². The van der Waals surface area contributed by atoms with E-state index in [0.717, 1.165) is 28.7 Å². The largest absolute Gasteiger partial charge is 0.319 e. The van der Waals surface area contributed by atoms with Gasteiger partial charge in [-0.3, -0.25) is 0 Å². The highest BCUT2D eigenvalue weighted by Crippen LogP contribution is 2.23. The van der Waals surface area contributed by atoms with Crippen molar-refractivity contribution in [3.8, 4) is 0 Å². The van der Waals surface area contributed by atoms with Crippen molar-refractivity contribution in [3.63, 3.8) is 0 Å². The Morgan fingerprint density at radius 2 is 2.15 bits per heavy atom. The minimum Gasteiger partial charge on any atom is -0.319 e. The number of rotatable bonds is 6. The van der Waals surface area contributed by atoms with Gasteiger partial charge in [0.1, 0.15) is 0 Å². The molecule has 114 valence electrons. The van der Waals surface area contributed by atoms with Gasteiger partial charge in [0.05, 0.1) is 0 Å². The molecule has 1 aliphatic heterocycles. The lowest BCUT2D eigenvalue weighted by Gasteiger charge is -2.31. The van der Waals surface area contributed by atoms with Gasteiger partial charge in [-0.25, -0.2) is 0 Å². The van der Waals surface area contributed by atoms with E-state index in [1.54, 1.807) is 15.6 Å². The topological polar surface area (TPSA) is 61.4 Å². The SMILES string of the molecule is CNCC1CCN(S(=O)(=O)NCc2sccc2Br)CC1. The molecule has 0 aliphatic carbocycles. The highest BCUT2D eigenvalue weighted by atomic mass is 79.9. The van der Waals surface area contributed by atoms with Crippen LogP contribution in [0, 0.1) is 5.92 Å². The second-order valence-corrected chi connectivity index (χ2v) is 8.53. The molecular weight excluding hydrogens is 362 g/mol. The molecule has 1 aliphatic rings. The normalized spacial score (nSPS) is 18.5. The summed E-state index contributed by atoms with van der Waals surface area (Å²) in [6, 6.07) is 1.93. The quantitative estimate of drug-likeness (QED) is 0.789. The summed E-state index contributed by atoms with van der Waals surface area (Å²) in [4.78, 5) is 0.999. The van der Waals surface area contributed by atoms with Gasteiger partial charge in [0.2, 0.25) is 0 Å². The fourth-order valence-corrected chi connectivity index (χ4v) is 5.07. The Bertz CT molecular complexity index is 525. The molecule has 1 saturated heterocycles. The number of hydrogen-bond donors (Lipinski definition) is 2. The molecule has 2 N–H and O–H groups in total. The van der Waals surface area contributed by atoms with Crippen molar-refractivity contribution in [1.29, 1.82) is 0 Å². The Kier molecular flexibility index (Phi) is 6.00. The molecule has 2 rings (SSSR count). The number of halogens is 1. The Morgan fingerprint density at radius 3 is 2.70 bits per heavy atom. The average molecular weight is 382 g/mol. The van der Waals surface area contributed by atoms with Gasteiger partial charge in [0.25, 0.3) is 10.2 Å². The summed E-state index contributed by atoms with van der Waals surface area (Å²) in [7, 11) is -1.43. The van der Waals surface area contributed by atoms with Gasteiger partial charge in [0, 0.05) is 29.0 Å². The molecular formula is C12H20BrN3O2S2. The van der Waals surface area contributed by atoms with Gasteiger partial charge >= 0.3 is 0 Å². The minimum atomic E-state index is -3.37. The second-order valence-electron chi connectivity index (χ2n) is 4.92. The summed E-state index contributed by atoms with van der Waals surface area (Å²) in [6.45, 7) is 2.51. The number of piperidine rings is 1. The van der Waals surface area contributed by atoms with E-state index in [1.165, 1.54) is 0 Å².